The highest BCUT2D eigenvalue weighted by molar-refractivity contribution is 8.00. The van der Waals surface area contributed by atoms with Gasteiger partial charge in [0.2, 0.25) is 0 Å². The van der Waals surface area contributed by atoms with E-state index in [1.54, 1.807) is 13.8 Å². The lowest BCUT2D eigenvalue weighted by Gasteiger charge is -2.35. The minimum atomic E-state index is -0.639. The molecule has 2 rings (SSSR count). The van der Waals surface area contributed by atoms with Crippen LogP contribution in [0.3, 0.4) is 0 Å². The molecule has 2 nitrogen and oxygen atoms in total. The molecule has 106 valence electrons. The van der Waals surface area contributed by atoms with Crippen molar-refractivity contribution in [1.82, 2.24) is 0 Å². The molecule has 1 aromatic rings. The van der Waals surface area contributed by atoms with Gasteiger partial charge in [0, 0.05) is 35.3 Å². The van der Waals surface area contributed by atoms with Gasteiger partial charge in [-0.05, 0) is 38.0 Å². The summed E-state index contributed by atoms with van der Waals surface area (Å²) in [4.78, 5) is 2.29. The highest BCUT2D eigenvalue weighted by atomic mass is 32.2. The Morgan fingerprint density at radius 2 is 2.26 bits per heavy atom. The van der Waals surface area contributed by atoms with Gasteiger partial charge in [-0.15, -0.1) is 0 Å². The largest absolute Gasteiger partial charge is 0.389 e. The molecule has 0 radical (unpaired) electrons. The molecule has 1 fully saturated rings. The van der Waals surface area contributed by atoms with Gasteiger partial charge in [0.1, 0.15) is 5.82 Å². The van der Waals surface area contributed by atoms with Crippen LogP contribution in [0.5, 0.6) is 0 Å². The molecule has 0 aliphatic carbocycles. The van der Waals surface area contributed by atoms with Crippen molar-refractivity contribution >= 4 is 17.4 Å². The number of anilines is 1. The van der Waals surface area contributed by atoms with Gasteiger partial charge in [-0.1, -0.05) is 6.92 Å². The van der Waals surface area contributed by atoms with Gasteiger partial charge in [-0.25, -0.2) is 4.39 Å². The Hall–Kier alpha value is -0.740. The number of benzene rings is 1. The summed E-state index contributed by atoms with van der Waals surface area (Å²) >= 11 is 2.00. The summed E-state index contributed by atoms with van der Waals surface area (Å²) in [6.07, 6.45) is 0.505. The van der Waals surface area contributed by atoms with Crippen LogP contribution in [0.2, 0.25) is 0 Å². The van der Waals surface area contributed by atoms with E-state index < -0.39 is 6.10 Å². The molecular formula is C15H22FNOS. The van der Waals surface area contributed by atoms with Crippen LogP contribution < -0.4 is 4.90 Å². The van der Waals surface area contributed by atoms with E-state index in [0.29, 0.717) is 16.4 Å². The zero-order valence-corrected chi connectivity index (χ0v) is 12.6. The van der Waals surface area contributed by atoms with Gasteiger partial charge in [0.05, 0.1) is 6.10 Å². The number of halogens is 1. The Morgan fingerprint density at radius 1 is 1.53 bits per heavy atom. The Kier molecular flexibility index (Phi) is 4.74. The van der Waals surface area contributed by atoms with E-state index in [9.17, 15) is 9.50 Å². The Morgan fingerprint density at radius 3 is 2.89 bits per heavy atom. The van der Waals surface area contributed by atoms with Crippen molar-refractivity contribution in [2.75, 3.05) is 23.7 Å². The van der Waals surface area contributed by atoms with Gasteiger partial charge in [0.25, 0.3) is 0 Å². The zero-order chi connectivity index (χ0) is 14.0. The number of hydrogen-bond acceptors (Lipinski definition) is 3. The molecule has 4 heteroatoms. The van der Waals surface area contributed by atoms with Crippen LogP contribution in [0, 0.1) is 12.7 Å². The van der Waals surface area contributed by atoms with Crippen molar-refractivity contribution in [3.05, 3.63) is 29.1 Å². The van der Waals surface area contributed by atoms with Crippen molar-refractivity contribution in [3.8, 4) is 0 Å². The predicted octanol–water partition coefficient (Wildman–Crippen LogP) is 3.52. The molecule has 1 aromatic carbocycles. The first-order valence-electron chi connectivity index (χ1n) is 6.87. The van der Waals surface area contributed by atoms with E-state index in [1.165, 1.54) is 6.07 Å². The molecule has 0 aromatic heterocycles. The van der Waals surface area contributed by atoms with E-state index in [4.69, 9.17) is 0 Å². The van der Waals surface area contributed by atoms with Crippen molar-refractivity contribution < 1.29 is 9.50 Å². The number of aliphatic hydroxyl groups is 1. The molecule has 19 heavy (non-hydrogen) atoms. The molecule has 0 amide bonds. The number of rotatable bonds is 3. The molecular weight excluding hydrogens is 261 g/mol. The Bertz CT molecular complexity index is 450. The maximum absolute atomic E-state index is 13.7. The lowest BCUT2D eigenvalue weighted by Crippen LogP contribution is -2.38. The first kappa shape index (κ1) is 14.7. The van der Waals surface area contributed by atoms with Crippen LogP contribution in [0.25, 0.3) is 0 Å². The molecule has 0 saturated carbocycles. The van der Waals surface area contributed by atoms with Crippen LogP contribution in [0.1, 0.15) is 37.5 Å². The van der Waals surface area contributed by atoms with Crippen molar-refractivity contribution in [2.24, 2.45) is 0 Å². The summed E-state index contributed by atoms with van der Waals surface area (Å²) < 4.78 is 13.7. The maximum atomic E-state index is 13.7. The number of hydrogen-bond donors (Lipinski definition) is 1. The molecule has 1 unspecified atom stereocenters. The summed E-state index contributed by atoms with van der Waals surface area (Å²) in [6.45, 7) is 7.62. The smallest absolute Gasteiger partial charge is 0.126 e. The van der Waals surface area contributed by atoms with Crippen molar-refractivity contribution in [2.45, 2.75) is 38.5 Å². The van der Waals surface area contributed by atoms with E-state index in [1.807, 2.05) is 17.8 Å². The maximum Gasteiger partial charge on any atom is 0.126 e. The Labute approximate surface area is 119 Å². The number of aliphatic hydroxyl groups excluding tert-OH is 1. The van der Waals surface area contributed by atoms with E-state index in [0.717, 1.165) is 31.0 Å². The van der Waals surface area contributed by atoms with Gasteiger partial charge >= 0.3 is 0 Å². The molecule has 1 aliphatic heterocycles. The summed E-state index contributed by atoms with van der Waals surface area (Å²) in [5.74, 6) is 0.854. The topological polar surface area (TPSA) is 23.5 Å². The molecule has 0 bridgehead atoms. The molecule has 1 aliphatic rings. The second kappa shape index (κ2) is 6.14. The predicted molar refractivity (Wildman–Crippen MR) is 80.5 cm³/mol. The second-order valence-corrected chi connectivity index (χ2v) is 6.59. The third-order valence-corrected chi connectivity index (χ3v) is 5.06. The Balaban J connectivity index is 2.34. The fourth-order valence-electron chi connectivity index (χ4n) is 2.48. The van der Waals surface area contributed by atoms with E-state index in [-0.39, 0.29) is 5.82 Å². The lowest BCUT2D eigenvalue weighted by molar-refractivity contribution is 0.199. The lowest BCUT2D eigenvalue weighted by atomic mass is 10.0. The van der Waals surface area contributed by atoms with Crippen molar-refractivity contribution in [3.63, 3.8) is 0 Å². The van der Waals surface area contributed by atoms with Crippen LogP contribution in [0.15, 0.2) is 12.1 Å². The SMILES string of the molecule is CCC1CN(c2cc(C)c(F)cc2[C@@H](C)O)CCS1. The van der Waals surface area contributed by atoms with Crippen LogP contribution in [-0.2, 0) is 0 Å². The summed E-state index contributed by atoms with van der Waals surface area (Å²) in [5, 5.41) is 10.5. The summed E-state index contributed by atoms with van der Waals surface area (Å²) in [5.41, 5.74) is 2.34. The normalized spacial score (nSPS) is 21.5. The first-order chi connectivity index (χ1) is 9.02. The first-order valence-corrected chi connectivity index (χ1v) is 7.92. The van der Waals surface area contributed by atoms with Gasteiger partial charge in [0.15, 0.2) is 0 Å². The van der Waals surface area contributed by atoms with Crippen LogP contribution >= 0.6 is 11.8 Å². The average molecular weight is 283 g/mol. The quantitative estimate of drug-likeness (QED) is 0.918. The molecule has 2 atom stereocenters. The summed E-state index contributed by atoms with van der Waals surface area (Å²) in [6, 6.07) is 3.36. The minimum absolute atomic E-state index is 0.238. The van der Waals surface area contributed by atoms with E-state index in [2.05, 4.69) is 11.8 Å². The minimum Gasteiger partial charge on any atom is -0.389 e. The van der Waals surface area contributed by atoms with Gasteiger partial charge in [-0.3, -0.25) is 0 Å². The highest BCUT2D eigenvalue weighted by Crippen LogP contribution is 2.33. The standard InChI is InChI=1S/C15H22FNOS/c1-4-12-9-17(5-6-19-12)15-7-10(2)14(16)8-13(15)11(3)18/h7-8,11-12,18H,4-6,9H2,1-3H3/t11-,12?/m1/s1. The molecule has 1 N–H and O–H groups in total. The summed E-state index contributed by atoms with van der Waals surface area (Å²) in [7, 11) is 0. The number of thioether (sulfide) groups is 1. The number of nitrogens with zero attached hydrogens (tertiary/aromatic N) is 1. The third kappa shape index (κ3) is 3.23. The third-order valence-electron chi connectivity index (χ3n) is 3.69. The molecule has 1 heterocycles. The van der Waals surface area contributed by atoms with Gasteiger partial charge < -0.3 is 10.0 Å². The van der Waals surface area contributed by atoms with E-state index >= 15 is 0 Å². The molecule has 1 saturated heterocycles. The number of aryl methyl sites for hydroxylation is 1. The fourth-order valence-corrected chi connectivity index (χ4v) is 3.66. The van der Waals surface area contributed by atoms with Gasteiger partial charge in [-0.2, -0.15) is 11.8 Å². The fraction of sp³-hybridized carbons (Fsp3) is 0.600. The monoisotopic (exact) mass is 283 g/mol. The zero-order valence-electron chi connectivity index (χ0n) is 11.8. The second-order valence-electron chi connectivity index (χ2n) is 5.18. The van der Waals surface area contributed by atoms with Crippen LogP contribution in [0.4, 0.5) is 10.1 Å². The van der Waals surface area contributed by atoms with Crippen molar-refractivity contribution in [1.29, 1.82) is 0 Å². The van der Waals surface area contributed by atoms with Crippen LogP contribution in [-0.4, -0.2) is 29.2 Å². The highest BCUT2D eigenvalue weighted by Gasteiger charge is 2.23. The molecule has 0 spiro atoms. The average Bonchev–Trinajstić information content (AvgIpc) is 2.41.